The van der Waals surface area contributed by atoms with E-state index in [9.17, 15) is 9.82 Å². The van der Waals surface area contributed by atoms with E-state index in [1.54, 1.807) is 6.82 Å². The van der Waals surface area contributed by atoms with Gasteiger partial charge in [-0.2, -0.15) is 0 Å². The van der Waals surface area contributed by atoms with Gasteiger partial charge in [0.15, 0.2) is 5.81 Å². The Morgan fingerprint density at radius 2 is 1.36 bits per heavy atom. The highest BCUT2D eigenvalue weighted by atomic mass is 16.5. The Kier molecular flexibility index (Phi) is 12.2. The molecule has 0 saturated carbocycles. The van der Waals surface area contributed by atoms with E-state index in [4.69, 9.17) is 17.3 Å². The van der Waals surface area contributed by atoms with Crippen LogP contribution in [-0.2, 0) is 30.9 Å². The summed E-state index contributed by atoms with van der Waals surface area (Å²) in [4.78, 5) is 12.2. The molecule has 9 heteroatoms. The molecule has 214 valence electrons. The summed E-state index contributed by atoms with van der Waals surface area (Å²) in [6.07, 6.45) is 0.0107. The molecule has 0 heterocycles. The van der Waals surface area contributed by atoms with E-state index in [0.717, 1.165) is 28.0 Å². The molecule has 4 aromatic carbocycles. The topological polar surface area (TPSA) is 83.1 Å². The van der Waals surface area contributed by atoms with Crippen molar-refractivity contribution in [2.45, 2.75) is 45.1 Å². The number of ether oxygens (including phenoxy) is 2. The van der Waals surface area contributed by atoms with E-state index in [1.807, 2.05) is 120 Å². The van der Waals surface area contributed by atoms with Gasteiger partial charge in [0.2, 0.25) is 7.85 Å². The fourth-order valence-electron chi connectivity index (χ4n) is 4.70. The van der Waals surface area contributed by atoms with Crippen LogP contribution in [-0.4, -0.2) is 49.4 Å². The van der Waals surface area contributed by atoms with E-state index in [1.165, 1.54) is 0 Å². The number of hydrogen-bond acceptors (Lipinski definition) is 6. The van der Waals surface area contributed by atoms with Crippen molar-refractivity contribution in [3.8, 4) is 5.75 Å². The quantitative estimate of drug-likeness (QED) is 0.135. The molecule has 0 aliphatic carbocycles. The smallest absolute Gasteiger partial charge is 0.388 e. The Hall–Kier alpha value is -3.88. The lowest BCUT2D eigenvalue weighted by Crippen LogP contribution is -2.55. The highest BCUT2D eigenvalue weighted by Crippen LogP contribution is 2.18. The maximum Gasteiger partial charge on any atom is 0.388 e. The summed E-state index contributed by atoms with van der Waals surface area (Å²) in [6, 6.07) is 37.2. The Balaban J connectivity index is 1.51. The molecule has 0 aliphatic heterocycles. The molecule has 2 atom stereocenters. The van der Waals surface area contributed by atoms with Gasteiger partial charge in [0.1, 0.15) is 12.4 Å². The lowest BCUT2D eigenvalue weighted by molar-refractivity contribution is -0.0126. The first-order valence-corrected chi connectivity index (χ1v) is 14.1. The first-order chi connectivity index (χ1) is 20.4. The van der Waals surface area contributed by atoms with Crippen LogP contribution in [0.15, 0.2) is 115 Å². The van der Waals surface area contributed by atoms with Gasteiger partial charge >= 0.3 is 7.05 Å². The Morgan fingerprint density at radius 1 is 0.810 bits per heavy atom. The number of nitrogens with one attached hydrogen (secondary N) is 2. The summed E-state index contributed by atoms with van der Waals surface area (Å²) in [6.45, 7) is 3.39. The molecule has 7 nitrogen and oxygen atoms in total. The summed E-state index contributed by atoms with van der Waals surface area (Å²) in [5, 5.41) is 18.1. The van der Waals surface area contributed by atoms with E-state index in [0.29, 0.717) is 32.7 Å². The SMILES string of the molecule is [B]C(=O)N[C@H](Cc1ccc(OCc2ccccc2)cc1)[C@@H](CN(Cc1ccccc1)NB(C)O)OCc1ccccc1. The number of hydrazine groups is 1. The fourth-order valence-corrected chi connectivity index (χ4v) is 4.70. The monoisotopic (exact) mass is 561 g/mol. The minimum Gasteiger partial charge on any atom is -0.489 e. The number of nitrogens with zero attached hydrogens (tertiary/aromatic N) is 1. The number of carbonyl (C=O) groups is 1. The Morgan fingerprint density at radius 3 is 1.90 bits per heavy atom. The second kappa shape index (κ2) is 16.5. The second-order valence-electron chi connectivity index (χ2n) is 10.2. The molecular formula is C33H37B2N3O4. The number of benzene rings is 4. The van der Waals surface area contributed by atoms with Crippen LogP contribution in [0.2, 0.25) is 6.82 Å². The van der Waals surface area contributed by atoms with Crippen molar-refractivity contribution in [2.75, 3.05) is 6.54 Å². The van der Waals surface area contributed by atoms with E-state index in [-0.39, 0.29) is 0 Å². The van der Waals surface area contributed by atoms with Gasteiger partial charge < -0.3 is 19.8 Å². The normalized spacial score (nSPS) is 12.5. The highest BCUT2D eigenvalue weighted by molar-refractivity contribution is 6.57. The number of carbonyl (C=O) groups excluding carboxylic acids is 1. The van der Waals surface area contributed by atoms with Crippen LogP contribution in [0.5, 0.6) is 5.75 Å². The molecule has 2 radical (unpaired) electrons. The van der Waals surface area contributed by atoms with Gasteiger partial charge in [0.05, 0.1) is 18.8 Å². The summed E-state index contributed by atoms with van der Waals surface area (Å²) in [5.41, 5.74) is 4.17. The van der Waals surface area contributed by atoms with Crippen LogP contribution in [0.1, 0.15) is 22.3 Å². The first-order valence-electron chi connectivity index (χ1n) is 14.1. The largest absolute Gasteiger partial charge is 0.489 e. The van der Waals surface area contributed by atoms with Crippen molar-refractivity contribution in [1.82, 2.24) is 15.7 Å². The van der Waals surface area contributed by atoms with Crippen molar-refractivity contribution >= 4 is 20.7 Å². The zero-order chi connectivity index (χ0) is 29.6. The molecule has 3 N–H and O–H groups in total. The van der Waals surface area contributed by atoms with Gasteiger partial charge in [0.25, 0.3) is 0 Å². The van der Waals surface area contributed by atoms with Crippen LogP contribution >= 0.6 is 0 Å². The molecule has 0 bridgehead atoms. The molecular weight excluding hydrogens is 524 g/mol. The molecule has 0 aliphatic rings. The molecule has 4 aromatic rings. The van der Waals surface area contributed by atoms with Crippen LogP contribution in [0.4, 0.5) is 4.79 Å². The number of amides is 1. The average molecular weight is 561 g/mol. The van der Waals surface area contributed by atoms with Gasteiger partial charge in [-0.05, 0) is 47.6 Å². The third-order valence-electron chi connectivity index (χ3n) is 6.70. The van der Waals surface area contributed by atoms with Crippen molar-refractivity contribution in [2.24, 2.45) is 0 Å². The van der Waals surface area contributed by atoms with Crippen molar-refractivity contribution in [3.63, 3.8) is 0 Å². The average Bonchev–Trinajstić information content (AvgIpc) is 2.99. The summed E-state index contributed by atoms with van der Waals surface area (Å²) in [7, 11) is 4.87. The molecule has 0 fully saturated rings. The third kappa shape index (κ3) is 10.8. The standard InChI is InChI=1S/C33H37B2N3O4/c1-35(40)37-38(22-27-11-5-2-6-12-27)23-32(42-25-29-15-9-4-10-16-29)31(36-33(34)39)21-26-17-19-30(20-18-26)41-24-28-13-7-3-8-14-28/h2-20,31-32,37,40H,21-25H2,1H3,(H,36,39)/t31-,32-/m1/s1. The zero-order valence-corrected chi connectivity index (χ0v) is 23.9. The van der Waals surface area contributed by atoms with Gasteiger partial charge in [-0.25, -0.2) is 5.01 Å². The molecule has 0 saturated heterocycles. The predicted octanol–water partition coefficient (Wildman–Crippen LogP) is 4.76. The van der Waals surface area contributed by atoms with Crippen molar-refractivity contribution < 1.29 is 19.3 Å². The number of hydrogen-bond donors (Lipinski definition) is 3. The van der Waals surface area contributed by atoms with Crippen LogP contribution in [0.3, 0.4) is 0 Å². The Bertz CT molecular complexity index is 1330. The predicted molar refractivity (Wildman–Crippen MR) is 168 cm³/mol. The van der Waals surface area contributed by atoms with Crippen molar-refractivity contribution in [1.29, 1.82) is 0 Å². The minimum absolute atomic E-state index is 0.350. The Labute approximate surface area is 250 Å². The molecule has 42 heavy (non-hydrogen) atoms. The minimum atomic E-state index is -0.783. The fraction of sp³-hybridized carbons (Fsp3) is 0.242. The van der Waals surface area contributed by atoms with E-state index in [2.05, 4.69) is 10.7 Å². The first kappa shape index (κ1) is 31.1. The molecule has 0 unspecified atom stereocenters. The van der Waals surface area contributed by atoms with Gasteiger partial charge in [0, 0.05) is 13.1 Å². The zero-order valence-electron chi connectivity index (χ0n) is 23.9. The van der Waals surface area contributed by atoms with Gasteiger partial charge in [-0.1, -0.05) is 103 Å². The van der Waals surface area contributed by atoms with Gasteiger partial charge in [-0.3, -0.25) is 10.1 Å². The maximum absolute atomic E-state index is 12.2. The highest BCUT2D eigenvalue weighted by Gasteiger charge is 2.27. The molecule has 4 rings (SSSR count). The van der Waals surface area contributed by atoms with Crippen LogP contribution in [0, 0.1) is 0 Å². The lowest BCUT2D eigenvalue weighted by atomic mass is 9.90. The lowest BCUT2D eigenvalue weighted by Gasteiger charge is -2.34. The molecule has 1 amide bonds. The van der Waals surface area contributed by atoms with Gasteiger partial charge in [-0.15, -0.1) is 0 Å². The van der Waals surface area contributed by atoms with Crippen molar-refractivity contribution in [3.05, 3.63) is 138 Å². The second-order valence-corrected chi connectivity index (χ2v) is 10.2. The van der Waals surface area contributed by atoms with Crippen LogP contribution in [0.25, 0.3) is 0 Å². The maximum atomic E-state index is 12.2. The van der Waals surface area contributed by atoms with E-state index < -0.39 is 25.0 Å². The van der Waals surface area contributed by atoms with Crippen LogP contribution < -0.4 is 15.4 Å². The summed E-state index contributed by atoms with van der Waals surface area (Å²) < 4.78 is 12.4. The molecule has 0 aromatic heterocycles. The number of rotatable bonds is 16. The summed E-state index contributed by atoms with van der Waals surface area (Å²) >= 11 is 0. The molecule has 0 spiro atoms. The van der Waals surface area contributed by atoms with E-state index >= 15 is 0 Å². The third-order valence-corrected chi connectivity index (χ3v) is 6.70. The summed E-state index contributed by atoms with van der Waals surface area (Å²) in [5.74, 6) is 0.128.